The molecule has 2 aliphatic rings. The number of nitrogens with one attached hydrogen (secondary N) is 1. The van der Waals surface area contributed by atoms with Gasteiger partial charge in [-0.1, -0.05) is 157 Å². The average molecular weight is 734 g/mol. The van der Waals surface area contributed by atoms with Gasteiger partial charge in [-0.05, 0) is 116 Å². The Balaban J connectivity index is 1.27. The predicted molar refractivity (Wildman–Crippen MR) is 238 cm³/mol. The highest BCUT2D eigenvalue weighted by atomic mass is 15.3. The lowest BCUT2D eigenvalue weighted by Crippen LogP contribution is -2.72. The molecule has 0 bridgehead atoms. The van der Waals surface area contributed by atoms with Gasteiger partial charge in [0, 0.05) is 30.1 Å². The Morgan fingerprint density at radius 2 is 1.07 bits per heavy atom. The lowest BCUT2D eigenvalue weighted by Gasteiger charge is -2.25. The maximum Gasteiger partial charge on any atom is 0.155 e. The number of quaternary nitrogens is 1. The van der Waals surface area contributed by atoms with E-state index in [4.69, 9.17) is 5.10 Å². The van der Waals surface area contributed by atoms with E-state index in [2.05, 4.69) is 187 Å². The lowest BCUT2D eigenvalue weighted by molar-refractivity contribution is -0.577. The molecule has 0 atom stereocenters. The topological polar surface area (TPSA) is 65.7 Å². The highest BCUT2D eigenvalue weighted by molar-refractivity contribution is 6.63. The van der Waals surface area contributed by atoms with Gasteiger partial charge in [0.1, 0.15) is 0 Å². The molecule has 0 radical (unpaired) electrons. The molecule has 1 aromatic heterocycles. The third-order valence-corrected chi connectivity index (χ3v) is 10.6. The summed E-state index contributed by atoms with van der Waals surface area (Å²) >= 11 is 0. The van der Waals surface area contributed by atoms with E-state index in [1.807, 2.05) is 23.8 Å². The zero-order valence-electron chi connectivity index (χ0n) is 31.5. The first-order chi connectivity index (χ1) is 28.2. The van der Waals surface area contributed by atoms with E-state index < -0.39 is 0 Å². The van der Waals surface area contributed by atoms with Crippen molar-refractivity contribution in [2.45, 2.75) is 12.8 Å². The molecule has 2 aliphatic carbocycles. The van der Waals surface area contributed by atoms with Gasteiger partial charge in [0.15, 0.2) is 11.4 Å². The maximum absolute atomic E-state index is 9.85. The van der Waals surface area contributed by atoms with Gasteiger partial charge in [0.2, 0.25) is 0 Å². The minimum atomic E-state index is 0.356. The Kier molecular flexibility index (Phi) is 10.1. The van der Waals surface area contributed by atoms with E-state index in [1.54, 1.807) is 6.20 Å². The number of benzene rings is 6. The second-order valence-corrected chi connectivity index (χ2v) is 14.2. The third kappa shape index (κ3) is 7.42. The quantitative estimate of drug-likeness (QED) is 0.0660. The standard InChI is InChI=1S/C53H40N4/c54-50-35-43(51-45(38-16-5-1-6-17-38)25-13-26-46(51)39-18-7-2-8-19-39)34-49(53(50)57-56-44-31-29-37(30-32-44)42-24-15-33-55-36-42)52-47(40-20-9-3-10-21-40)27-14-28-48(52)41-22-11-4-12-23-41/h1,3-7,9-36,54,56H,2,8H2/p+1/b54-50?,57-53-. The zero-order valence-corrected chi connectivity index (χ0v) is 31.5. The van der Waals surface area contributed by atoms with Crippen LogP contribution >= 0.6 is 0 Å². The van der Waals surface area contributed by atoms with Crippen LogP contribution in [0.4, 0.5) is 5.69 Å². The van der Waals surface area contributed by atoms with Gasteiger partial charge in [-0.2, -0.15) is 5.43 Å². The number of hydrogen-bond acceptors (Lipinski definition) is 3. The summed E-state index contributed by atoms with van der Waals surface area (Å²) in [4.78, 5) is 4.30. The van der Waals surface area contributed by atoms with Crippen molar-refractivity contribution in [1.82, 2.24) is 4.98 Å². The Morgan fingerprint density at radius 1 is 0.491 bits per heavy atom. The van der Waals surface area contributed by atoms with Crippen molar-refractivity contribution in [3.05, 3.63) is 223 Å². The monoisotopic (exact) mass is 733 g/mol. The Morgan fingerprint density at radius 3 is 1.63 bits per heavy atom. The van der Waals surface area contributed by atoms with Crippen LogP contribution in [0, 0.1) is 5.41 Å². The molecule has 7 aromatic rings. The Hall–Kier alpha value is -7.27. The smallest absolute Gasteiger partial charge is 0.155 e. The Bertz CT molecular complexity index is 2660. The molecule has 9 rings (SSSR count). The lowest BCUT2D eigenvalue weighted by atomic mass is 9.78. The second kappa shape index (κ2) is 16.2. The molecular formula is C53H41N4+. The van der Waals surface area contributed by atoms with Gasteiger partial charge in [-0.25, -0.2) is 0 Å². The van der Waals surface area contributed by atoms with E-state index in [-0.39, 0.29) is 0 Å². The zero-order chi connectivity index (χ0) is 38.4. The summed E-state index contributed by atoms with van der Waals surface area (Å²) in [7, 11) is 0. The number of allylic oxidation sites excluding steroid dienone is 8. The van der Waals surface area contributed by atoms with E-state index in [0.29, 0.717) is 11.4 Å². The molecule has 0 saturated carbocycles. The minimum Gasteiger partial charge on any atom is -0.298 e. The number of aromatic nitrogens is 1. The molecule has 0 amide bonds. The molecular weight excluding hydrogens is 693 g/mol. The normalized spacial score (nSPS) is 14.6. The molecule has 0 aliphatic heterocycles. The molecule has 4 heteroatoms. The molecule has 0 spiro atoms. The number of nitrogens with two attached hydrogens (primary N) is 1. The summed E-state index contributed by atoms with van der Waals surface area (Å²) in [6, 6.07) is 57.2. The van der Waals surface area contributed by atoms with Crippen molar-refractivity contribution in [1.29, 1.82) is 5.41 Å². The first-order valence-electron chi connectivity index (χ1n) is 19.5. The van der Waals surface area contributed by atoms with Crippen LogP contribution in [0.3, 0.4) is 0 Å². The summed E-state index contributed by atoms with van der Waals surface area (Å²) in [5.74, 6) is 0. The van der Waals surface area contributed by atoms with Crippen molar-refractivity contribution in [3.63, 3.8) is 0 Å². The van der Waals surface area contributed by atoms with Crippen molar-refractivity contribution in [2.75, 3.05) is 0 Å². The van der Waals surface area contributed by atoms with Gasteiger partial charge in [0.05, 0.1) is 5.71 Å². The van der Waals surface area contributed by atoms with E-state index >= 15 is 0 Å². The molecule has 4 nitrogen and oxygen atoms in total. The number of nitrogens with zero attached hydrogens (tertiary/aromatic N) is 2. The van der Waals surface area contributed by atoms with Crippen LogP contribution in [0.25, 0.3) is 61.2 Å². The summed E-state index contributed by atoms with van der Waals surface area (Å²) in [5, 5.41) is 15.1. The molecule has 0 unspecified atom stereocenters. The summed E-state index contributed by atoms with van der Waals surface area (Å²) in [6.45, 7) is 0. The van der Waals surface area contributed by atoms with Gasteiger partial charge in [-0.15, -0.1) is 0 Å². The van der Waals surface area contributed by atoms with Crippen LogP contribution in [-0.2, 0) is 0 Å². The molecule has 272 valence electrons. The minimum absolute atomic E-state index is 0.356. The third-order valence-electron chi connectivity index (χ3n) is 10.6. The molecule has 6 aromatic carbocycles. The average Bonchev–Trinajstić information content (AvgIpc) is 3.29. The fourth-order valence-electron chi connectivity index (χ4n) is 7.88. The fourth-order valence-corrected chi connectivity index (χ4v) is 7.88. The van der Waals surface area contributed by atoms with Crippen LogP contribution < -0.4 is 5.43 Å². The largest absolute Gasteiger partial charge is 0.298 e. The van der Waals surface area contributed by atoms with Gasteiger partial charge in [-0.3, -0.25) is 10.4 Å². The van der Waals surface area contributed by atoms with Crippen molar-refractivity contribution >= 4 is 33.8 Å². The molecule has 57 heavy (non-hydrogen) atoms. The highest BCUT2D eigenvalue weighted by Crippen LogP contribution is 2.43. The number of pyridine rings is 1. The van der Waals surface area contributed by atoms with Crippen molar-refractivity contribution < 1.29 is 5.43 Å². The first-order valence-corrected chi connectivity index (χ1v) is 19.5. The number of hydrogen-bond donors (Lipinski definition) is 2. The van der Waals surface area contributed by atoms with E-state index in [0.717, 1.165) is 90.9 Å². The summed E-state index contributed by atoms with van der Waals surface area (Å²) < 4.78 is 0. The highest BCUT2D eigenvalue weighted by Gasteiger charge is 2.28. The van der Waals surface area contributed by atoms with Crippen LogP contribution in [0.5, 0.6) is 0 Å². The number of rotatable bonds is 9. The second-order valence-electron chi connectivity index (χ2n) is 14.2. The summed E-state index contributed by atoms with van der Waals surface area (Å²) in [6.07, 6.45) is 16.8. The predicted octanol–water partition coefficient (Wildman–Crippen LogP) is 12.2. The van der Waals surface area contributed by atoms with Crippen LogP contribution in [-0.4, -0.2) is 16.4 Å². The summed E-state index contributed by atoms with van der Waals surface area (Å²) in [5.41, 5.74) is 19.0. The van der Waals surface area contributed by atoms with E-state index in [1.165, 1.54) is 5.57 Å². The SMILES string of the molecule is N=C1C=C(c2c(C3=CCCC=C3)cccc2-c2ccccc2)C=C(c2c(-c3ccccc3)cccc2-c2ccccc2)/C1=N/[NH2+]c1ccc(-c2cccnc2)cc1. The van der Waals surface area contributed by atoms with Crippen molar-refractivity contribution in [2.24, 2.45) is 5.10 Å². The van der Waals surface area contributed by atoms with Gasteiger partial charge in [0.25, 0.3) is 0 Å². The van der Waals surface area contributed by atoms with E-state index in [9.17, 15) is 5.41 Å². The fraction of sp³-hybridized carbons (Fsp3) is 0.0377. The van der Waals surface area contributed by atoms with Gasteiger partial charge >= 0.3 is 0 Å². The molecule has 3 N–H and O–H groups in total. The van der Waals surface area contributed by atoms with Crippen LogP contribution in [0.1, 0.15) is 29.5 Å². The first kappa shape index (κ1) is 35.4. The molecule has 0 fully saturated rings. The molecule has 1 heterocycles. The van der Waals surface area contributed by atoms with Crippen molar-refractivity contribution in [3.8, 4) is 44.5 Å². The maximum atomic E-state index is 9.85. The van der Waals surface area contributed by atoms with Crippen LogP contribution in [0.15, 0.2) is 212 Å². The Labute approximate surface area is 334 Å². The van der Waals surface area contributed by atoms with Crippen LogP contribution in [0.2, 0.25) is 0 Å². The molecule has 0 saturated heterocycles. The van der Waals surface area contributed by atoms with Gasteiger partial charge < -0.3 is 0 Å².